The quantitative estimate of drug-likeness (QED) is 0.183. The summed E-state index contributed by atoms with van der Waals surface area (Å²) in [5, 5.41) is 12.9. The van der Waals surface area contributed by atoms with Crippen molar-refractivity contribution in [2.24, 2.45) is 0 Å². The second-order valence-electron chi connectivity index (χ2n) is 12.5. The Morgan fingerprint density at radius 3 is 1.60 bits per heavy atom. The fraction of sp³-hybridized carbons (Fsp3) is 0. The van der Waals surface area contributed by atoms with Gasteiger partial charge < -0.3 is 9.13 Å². The number of thiophene rings is 1. The molecule has 0 saturated heterocycles. The molecule has 0 unspecified atom stereocenters. The SMILES string of the molecule is c1ccc2c(-n3c4ccccc4c4cc5c(cc43)sc3c5ccc4c3c3ccccc3n4-c3cccc4ccccc34)cccc2c1. The zero-order valence-electron chi connectivity index (χ0n) is 25.3. The van der Waals surface area contributed by atoms with E-state index in [9.17, 15) is 0 Å². The van der Waals surface area contributed by atoms with Crippen LogP contribution in [0, 0.1) is 0 Å². The molecule has 0 N–H and O–H groups in total. The van der Waals surface area contributed by atoms with Crippen molar-refractivity contribution in [1.29, 1.82) is 0 Å². The lowest BCUT2D eigenvalue weighted by Gasteiger charge is -2.11. The minimum atomic E-state index is 1.22. The van der Waals surface area contributed by atoms with E-state index in [1.165, 1.54) is 96.7 Å². The molecule has 3 aromatic heterocycles. The Hall–Kier alpha value is -5.90. The summed E-state index contributed by atoms with van der Waals surface area (Å²) in [4.78, 5) is 0. The summed E-state index contributed by atoms with van der Waals surface area (Å²) in [6, 6.07) is 58.0. The van der Waals surface area contributed by atoms with Crippen molar-refractivity contribution in [3.63, 3.8) is 0 Å². The molecule has 0 aliphatic carbocycles. The van der Waals surface area contributed by atoms with E-state index in [4.69, 9.17) is 0 Å². The second kappa shape index (κ2) is 9.32. The van der Waals surface area contributed by atoms with E-state index in [2.05, 4.69) is 167 Å². The number of aromatic nitrogens is 2. The average Bonchev–Trinajstić information content (AvgIpc) is 3.77. The van der Waals surface area contributed by atoms with Crippen LogP contribution in [0.5, 0.6) is 0 Å². The maximum atomic E-state index is 2.47. The lowest BCUT2D eigenvalue weighted by molar-refractivity contribution is 1.20. The smallest absolute Gasteiger partial charge is 0.0556 e. The van der Waals surface area contributed by atoms with E-state index in [-0.39, 0.29) is 0 Å². The summed E-state index contributed by atoms with van der Waals surface area (Å²) in [7, 11) is 0. The molecule has 0 bridgehead atoms. The molecular formula is C44H26N2S. The van der Waals surface area contributed by atoms with Gasteiger partial charge in [-0.2, -0.15) is 0 Å². The van der Waals surface area contributed by atoms with Gasteiger partial charge in [-0.3, -0.25) is 0 Å². The van der Waals surface area contributed by atoms with Gasteiger partial charge in [-0.15, -0.1) is 11.3 Å². The van der Waals surface area contributed by atoms with Crippen molar-refractivity contribution >= 4 is 96.7 Å². The van der Waals surface area contributed by atoms with Gasteiger partial charge in [0.05, 0.1) is 33.4 Å². The maximum Gasteiger partial charge on any atom is 0.0556 e. The number of hydrogen-bond acceptors (Lipinski definition) is 1. The number of nitrogens with zero attached hydrogens (tertiary/aromatic N) is 2. The molecule has 2 nitrogen and oxygen atoms in total. The molecule has 0 atom stereocenters. The highest BCUT2D eigenvalue weighted by atomic mass is 32.1. The fourth-order valence-corrected chi connectivity index (χ4v) is 9.35. The molecule has 3 heterocycles. The predicted octanol–water partition coefficient (Wildman–Crippen LogP) is 12.6. The molecule has 0 aliphatic rings. The lowest BCUT2D eigenvalue weighted by atomic mass is 10.1. The number of rotatable bonds is 2. The largest absolute Gasteiger partial charge is 0.309 e. The van der Waals surface area contributed by atoms with E-state index in [0.717, 1.165) is 0 Å². The van der Waals surface area contributed by atoms with E-state index < -0.39 is 0 Å². The summed E-state index contributed by atoms with van der Waals surface area (Å²) in [5.41, 5.74) is 7.41. The molecule has 0 spiro atoms. The van der Waals surface area contributed by atoms with Crippen molar-refractivity contribution < 1.29 is 0 Å². The topological polar surface area (TPSA) is 9.86 Å². The second-order valence-corrected chi connectivity index (χ2v) is 13.6. The first-order valence-electron chi connectivity index (χ1n) is 16.1. The predicted molar refractivity (Wildman–Crippen MR) is 203 cm³/mol. The third kappa shape index (κ3) is 3.39. The van der Waals surface area contributed by atoms with Crippen LogP contribution in [-0.2, 0) is 0 Å². The fourth-order valence-electron chi connectivity index (χ4n) is 8.07. The first-order valence-corrected chi connectivity index (χ1v) is 16.9. The number of hydrogen-bond donors (Lipinski definition) is 0. The first-order chi connectivity index (χ1) is 23.3. The van der Waals surface area contributed by atoms with Gasteiger partial charge in [0, 0.05) is 52.5 Å². The van der Waals surface area contributed by atoms with Crippen LogP contribution in [0.1, 0.15) is 0 Å². The molecule has 0 radical (unpaired) electrons. The van der Waals surface area contributed by atoms with Crippen LogP contribution < -0.4 is 0 Å². The van der Waals surface area contributed by atoms with Crippen molar-refractivity contribution in [3.8, 4) is 11.4 Å². The highest BCUT2D eigenvalue weighted by Gasteiger charge is 2.20. The standard InChI is InChI=1S/C44H26N2S/c1-3-15-29-27(11-1)13-9-21-36(29)45-39-20-8-6-18-33(39)43-40(45)24-23-32-35-25-34-31-17-5-7-19-38(31)46(41(34)26-42(35)47-44(32)43)37-22-10-14-28-12-2-4-16-30(28)37/h1-26H. The molecular weight excluding hydrogens is 589 g/mol. The number of para-hydroxylation sites is 2. The van der Waals surface area contributed by atoms with Gasteiger partial charge in [0.2, 0.25) is 0 Å². The van der Waals surface area contributed by atoms with Crippen LogP contribution in [0.2, 0.25) is 0 Å². The van der Waals surface area contributed by atoms with Crippen molar-refractivity contribution in [3.05, 3.63) is 158 Å². The molecule has 11 aromatic rings. The zero-order chi connectivity index (χ0) is 30.6. The van der Waals surface area contributed by atoms with Gasteiger partial charge in [-0.05, 0) is 53.2 Å². The van der Waals surface area contributed by atoms with E-state index in [0.29, 0.717) is 0 Å². The van der Waals surface area contributed by atoms with Crippen LogP contribution in [0.25, 0.3) is 96.7 Å². The molecule has 218 valence electrons. The molecule has 0 saturated carbocycles. The van der Waals surface area contributed by atoms with Gasteiger partial charge in [0.1, 0.15) is 0 Å². The maximum absolute atomic E-state index is 2.47. The average molecular weight is 615 g/mol. The highest BCUT2D eigenvalue weighted by molar-refractivity contribution is 7.26. The number of fused-ring (bicyclic) bond motifs is 12. The third-order valence-electron chi connectivity index (χ3n) is 10.1. The Balaban J connectivity index is 1.26. The van der Waals surface area contributed by atoms with Gasteiger partial charge in [0.15, 0.2) is 0 Å². The summed E-state index contributed by atoms with van der Waals surface area (Å²) in [5.74, 6) is 0. The molecule has 47 heavy (non-hydrogen) atoms. The van der Waals surface area contributed by atoms with Gasteiger partial charge in [0.25, 0.3) is 0 Å². The molecule has 8 aromatic carbocycles. The molecule has 0 fully saturated rings. The van der Waals surface area contributed by atoms with E-state index in [1.54, 1.807) is 0 Å². The lowest BCUT2D eigenvalue weighted by Crippen LogP contribution is -1.95. The molecule has 11 rings (SSSR count). The van der Waals surface area contributed by atoms with Crippen LogP contribution in [0.15, 0.2) is 158 Å². The Kier molecular flexibility index (Phi) is 5.02. The summed E-state index contributed by atoms with van der Waals surface area (Å²) >= 11 is 1.92. The van der Waals surface area contributed by atoms with Crippen molar-refractivity contribution in [1.82, 2.24) is 9.13 Å². The molecule has 3 heteroatoms. The first kappa shape index (κ1) is 25.3. The van der Waals surface area contributed by atoms with Gasteiger partial charge >= 0.3 is 0 Å². The Bertz CT molecular complexity index is 3070. The molecule has 0 amide bonds. The monoisotopic (exact) mass is 614 g/mol. The van der Waals surface area contributed by atoms with Gasteiger partial charge in [-0.25, -0.2) is 0 Å². The normalized spacial score (nSPS) is 12.3. The van der Waals surface area contributed by atoms with Crippen LogP contribution in [0.3, 0.4) is 0 Å². The van der Waals surface area contributed by atoms with E-state index >= 15 is 0 Å². The summed E-state index contributed by atoms with van der Waals surface area (Å²) < 4.78 is 7.60. The van der Waals surface area contributed by atoms with Crippen LogP contribution >= 0.6 is 11.3 Å². The summed E-state index contributed by atoms with van der Waals surface area (Å²) in [6.45, 7) is 0. The minimum absolute atomic E-state index is 1.22. The minimum Gasteiger partial charge on any atom is -0.309 e. The Morgan fingerprint density at radius 2 is 0.894 bits per heavy atom. The molecule has 0 aliphatic heterocycles. The third-order valence-corrected chi connectivity index (χ3v) is 11.3. The summed E-state index contributed by atoms with van der Waals surface area (Å²) in [6.07, 6.45) is 0. The van der Waals surface area contributed by atoms with Crippen molar-refractivity contribution in [2.75, 3.05) is 0 Å². The Morgan fingerprint density at radius 1 is 0.340 bits per heavy atom. The van der Waals surface area contributed by atoms with Crippen molar-refractivity contribution in [2.45, 2.75) is 0 Å². The van der Waals surface area contributed by atoms with Gasteiger partial charge in [-0.1, -0.05) is 115 Å². The highest BCUT2D eigenvalue weighted by Crippen LogP contribution is 2.46. The Labute approximate surface area is 273 Å². The van der Waals surface area contributed by atoms with Crippen LogP contribution in [-0.4, -0.2) is 9.13 Å². The van der Waals surface area contributed by atoms with Crippen LogP contribution in [0.4, 0.5) is 0 Å². The zero-order valence-corrected chi connectivity index (χ0v) is 26.1. The number of benzene rings is 8. The van der Waals surface area contributed by atoms with E-state index in [1.807, 2.05) is 11.3 Å².